The van der Waals surface area contributed by atoms with Gasteiger partial charge in [-0.1, -0.05) is 43.0 Å². The Kier molecular flexibility index (Phi) is 3.62. The van der Waals surface area contributed by atoms with Gasteiger partial charge in [-0.05, 0) is 28.8 Å². The molecule has 0 atom stereocenters. The number of anilines is 1. The Morgan fingerprint density at radius 2 is 1.95 bits per heavy atom. The van der Waals surface area contributed by atoms with Crippen LogP contribution in [-0.2, 0) is 4.74 Å². The van der Waals surface area contributed by atoms with Gasteiger partial charge in [0.15, 0.2) is 0 Å². The molecule has 0 aliphatic carbocycles. The fourth-order valence-electron chi connectivity index (χ4n) is 2.21. The summed E-state index contributed by atoms with van der Waals surface area (Å²) in [5.41, 5.74) is 4.57. The van der Waals surface area contributed by atoms with E-state index in [1.54, 1.807) is 0 Å². The van der Waals surface area contributed by atoms with Crippen LogP contribution in [-0.4, -0.2) is 23.2 Å². The first-order valence-corrected chi connectivity index (χ1v) is 6.77. The van der Waals surface area contributed by atoms with Crippen molar-refractivity contribution in [2.24, 2.45) is 0 Å². The second-order valence-electron chi connectivity index (χ2n) is 4.78. The number of aromatic nitrogens is 2. The van der Waals surface area contributed by atoms with Crippen molar-refractivity contribution >= 4 is 28.6 Å². The summed E-state index contributed by atoms with van der Waals surface area (Å²) < 4.78 is 4.55. The number of benzene rings is 2. The molecular formula is C17H15N3O2. The zero-order valence-corrected chi connectivity index (χ0v) is 12.1. The molecule has 0 spiro atoms. The molecule has 2 aromatic carbocycles. The summed E-state index contributed by atoms with van der Waals surface area (Å²) in [6.45, 7) is 4.15. The summed E-state index contributed by atoms with van der Waals surface area (Å²) in [5, 5.41) is 2.51. The average Bonchev–Trinajstić information content (AvgIpc) is 2.96. The van der Waals surface area contributed by atoms with Gasteiger partial charge in [0.1, 0.15) is 0 Å². The molecule has 1 aromatic heterocycles. The van der Waals surface area contributed by atoms with Crippen molar-refractivity contribution in [1.82, 2.24) is 9.97 Å². The molecule has 1 amide bonds. The maximum atomic E-state index is 11.2. The van der Waals surface area contributed by atoms with E-state index >= 15 is 0 Å². The van der Waals surface area contributed by atoms with E-state index in [0.717, 1.165) is 27.7 Å². The number of H-pyrrole nitrogens is 1. The lowest BCUT2D eigenvalue weighted by molar-refractivity contribution is 0.186. The molecule has 0 fully saturated rings. The van der Waals surface area contributed by atoms with Crippen molar-refractivity contribution in [3.63, 3.8) is 0 Å². The van der Waals surface area contributed by atoms with Crippen LogP contribution >= 0.6 is 0 Å². The molecule has 3 rings (SSSR count). The zero-order chi connectivity index (χ0) is 15.5. The van der Waals surface area contributed by atoms with Crippen molar-refractivity contribution in [2.75, 3.05) is 12.4 Å². The molecule has 0 saturated carbocycles. The first-order valence-electron chi connectivity index (χ1n) is 6.77. The van der Waals surface area contributed by atoms with Gasteiger partial charge in [-0.15, -0.1) is 0 Å². The van der Waals surface area contributed by atoms with E-state index in [1.807, 2.05) is 48.5 Å². The number of carbonyl (C=O) groups is 1. The molecule has 0 unspecified atom stereocenters. The van der Waals surface area contributed by atoms with E-state index in [0.29, 0.717) is 5.95 Å². The highest BCUT2D eigenvalue weighted by Crippen LogP contribution is 2.25. The van der Waals surface area contributed by atoms with E-state index in [1.165, 1.54) is 7.11 Å². The largest absolute Gasteiger partial charge is 0.453 e. The quantitative estimate of drug-likeness (QED) is 0.771. The highest BCUT2D eigenvalue weighted by atomic mass is 16.5. The zero-order valence-electron chi connectivity index (χ0n) is 12.1. The minimum Gasteiger partial charge on any atom is -0.453 e. The molecule has 0 bridgehead atoms. The van der Waals surface area contributed by atoms with Gasteiger partial charge in [0, 0.05) is 0 Å². The SMILES string of the molecule is C=C(c1ccccc1)c1ccc2nc(NC(=O)OC)[nH]c2c1. The molecule has 110 valence electrons. The van der Waals surface area contributed by atoms with Crippen LogP contribution < -0.4 is 5.32 Å². The van der Waals surface area contributed by atoms with E-state index < -0.39 is 6.09 Å². The van der Waals surface area contributed by atoms with E-state index in [2.05, 4.69) is 26.6 Å². The Balaban J connectivity index is 1.93. The Bertz CT molecular complexity index is 837. The van der Waals surface area contributed by atoms with Crippen molar-refractivity contribution in [2.45, 2.75) is 0 Å². The number of methoxy groups -OCH3 is 1. The molecule has 5 nitrogen and oxygen atoms in total. The number of carbonyl (C=O) groups excluding carboxylic acids is 1. The number of imidazole rings is 1. The summed E-state index contributed by atoms with van der Waals surface area (Å²) in [6, 6.07) is 15.8. The molecule has 0 saturated heterocycles. The van der Waals surface area contributed by atoms with Gasteiger partial charge in [0.2, 0.25) is 5.95 Å². The van der Waals surface area contributed by atoms with Crippen molar-refractivity contribution in [1.29, 1.82) is 0 Å². The lowest BCUT2D eigenvalue weighted by Crippen LogP contribution is -2.11. The number of amides is 1. The first-order chi connectivity index (χ1) is 10.7. The van der Waals surface area contributed by atoms with Crippen molar-refractivity contribution in [3.8, 4) is 0 Å². The molecule has 5 heteroatoms. The fraction of sp³-hybridized carbons (Fsp3) is 0.0588. The second-order valence-corrected chi connectivity index (χ2v) is 4.78. The van der Waals surface area contributed by atoms with Gasteiger partial charge in [-0.25, -0.2) is 9.78 Å². The highest BCUT2D eigenvalue weighted by Gasteiger charge is 2.08. The molecule has 0 radical (unpaired) electrons. The molecule has 1 heterocycles. The van der Waals surface area contributed by atoms with E-state index in [-0.39, 0.29) is 0 Å². The summed E-state index contributed by atoms with van der Waals surface area (Å²) in [5.74, 6) is 0.351. The Hall–Kier alpha value is -3.08. The molecular weight excluding hydrogens is 278 g/mol. The minimum absolute atomic E-state index is 0.351. The van der Waals surface area contributed by atoms with Crippen LogP contribution in [0.15, 0.2) is 55.1 Å². The van der Waals surface area contributed by atoms with Crippen LogP contribution in [0.2, 0.25) is 0 Å². The maximum Gasteiger partial charge on any atom is 0.413 e. The molecule has 3 aromatic rings. The van der Waals surface area contributed by atoms with Gasteiger partial charge < -0.3 is 9.72 Å². The summed E-state index contributed by atoms with van der Waals surface area (Å²) in [4.78, 5) is 18.5. The topological polar surface area (TPSA) is 67.0 Å². The molecule has 0 aliphatic heterocycles. The number of hydrogen-bond acceptors (Lipinski definition) is 3. The van der Waals surface area contributed by atoms with E-state index in [9.17, 15) is 4.79 Å². The minimum atomic E-state index is -0.562. The highest BCUT2D eigenvalue weighted by molar-refractivity contribution is 5.89. The molecule has 22 heavy (non-hydrogen) atoms. The number of hydrogen-bond donors (Lipinski definition) is 2. The van der Waals surface area contributed by atoms with Gasteiger partial charge in [0.25, 0.3) is 0 Å². The van der Waals surface area contributed by atoms with Crippen molar-refractivity contribution < 1.29 is 9.53 Å². The van der Waals surface area contributed by atoms with Crippen LogP contribution in [0.25, 0.3) is 16.6 Å². The number of aromatic amines is 1. The lowest BCUT2D eigenvalue weighted by atomic mass is 9.99. The maximum absolute atomic E-state index is 11.2. The smallest absolute Gasteiger partial charge is 0.413 e. The monoisotopic (exact) mass is 293 g/mol. The Morgan fingerprint density at radius 3 is 2.68 bits per heavy atom. The number of nitrogens with one attached hydrogen (secondary N) is 2. The third-order valence-corrected chi connectivity index (χ3v) is 3.36. The van der Waals surface area contributed by atoms with Crippen LogP contribution in [0.3, 0.4) is 0 Å². The molecule has 0 aliphatic rings. The molecule has 2 N–H and O–H groups in total. The van der Waals surface area contributed by atoms with Crippen LogP contribution in [0.5, 0.6) is 0 Å². The summed E-state index contributed by atoms with van der Waals surface area (Å²) in [7, 11) is 1.31. The Labute approximate surface area is 127 Å². The first kappa shape index (κ1) is 13.9. The summed E-state index contributed by atoms with van der Waals surface area (Å²) in [6.07, 6.45) is -0.562. The lowest BCUT2D eigenvalue weighted by Gasteiger charge is -2.05. The van der Waals surface area contributed by atoms with Crippen LogP contribution in [0, 0.1) is 0 Å². The third kappa shape index (κ3) is 2.69. The number of rotatable bonds is 3. The Morgan fingerprint density at radius 1 is 1.18 bits per heavy atom. The van der Waals surface area contributed by atoms with Gasteiger partial charge >= 0.3 is 6.09 Å². The van der Waals surface area contributed by atoms with Crippen LogP contribution in [0.4, 0.5) is 10.7 Å². The predicted octanol–water partition coefficient (Wildman–Crippen LogP) is 3.80. The third-order valence-electron chi connectivity index (χ3n) is 3.36. The van der Waals surface area contributed by atoms with E-state index in [4.69, 9.17) is 0 Å². The number of ether oxygens (including phenoxy) is 1. The predicted molar refractivity (Wildman–Crippen MR) is 86.7 cm³/mol. The normalized spacial score (nSPS) is 10.4. The van der Waals surface area contributed by atoms with Gasteiger partial charge in [0.05, 0.1) is 18.1 Å². The van der Waals surface area contributed by atoms with Gasteiger partial charge in [-0.3, -0.25) is 5.32 Å². The average molecular weight is 293 g/mol. The summed E-state index contributed by atoms with van der Waals surface area (Å²) >= 11 is 0. The fourth-order valence-corrected chi connectivity index (χ4v) is 2.21. The van der Waals surface area contributed by atoms with Crippen molar-refractivity contribution in [3.05, 3.63) is 66.2 Å². The number of nitrogens with zero attached hydrogens (tertiary/aromatic N) is 1. The second kappa shape index (κ2) is 5.73. The standard InChI is InChI=1S/C17H15N3O2/c1-11(12-6-4-3-5-7-12)13-8-9-14-15(10-13)19-16(18-14)20-17(21)22-2/h3-10H,1H2,2H3,(H2,18,19,20,21). The van der Waals surface area contributed by atoms with Crippen LogP contribution in [0.1, 0.15) is 11.1 Å². The van der Waals surface area contributed by atoms with Gasteiger partial charge in [-0.2, -0.15) is 0 Å². The number of fused-ring (bicyclic) bond motifs is 1.